The topological polar surface area (TPSA) is 56.3 Å². The molecule has 0 saturated carbocycles. The van der Waals surface area contributed by atoms with E-state index in [1.165, 1.54) is 14.0 Å². The lowest BCUT2D eigenvalue weighted by Gasteiger charge is -2.10. The Hall–Kier alpha value is -1.71. The molecule has 16 heavy (non-hydrogen) atoms. The summed E-state index contributed by atoms with van der Waals surface area (Å²) in [5, 5.41) is 0. The van der Waals surface area contributed by atoms with E-state index in [9.17, 15) is 9.59 Å². The number of rotatable bonds is 5. The lowest BCUT2D eigenvalue weighted by atomic mass is 9.97. The summed E-state index contributed by atoms with van der Waals surface area (Å²) in [6.07, 6.45) is 4.53. The average Bonchev–Trinajstić information content (AvgIpc) is 2.30. The summed E-state index contributed by atoms with van der Waals surface area (Å²) in [6.45, 7) is 1.41. The van der Waals surface area contributed by atoms with Gasteiger partial charge in [-0.15, -0.1) is 0 Å². The van der Waals surface area contributed by atoms with Crippen molar-refractivity contribution in [2.75, 3.05) is 7.11 Å². The Morgan fingerprint density at radius 2 is 2.00 bits per heavy atom. The zero-order valence-corrected chi connectivity index (χ0v) is 9.47. The first kappa shape index (κ1) is 12.4. The van der Waals surface area contributed by atoms with Gasteiger partial charge in [-0.3, -0.25) is 14.6 Å². The normalized spacial score (nSPS) is 11.9. The molecule has 86 valence electrons. The molecule has 0 aliphatic carbocycles. The fourth-order valence-corrected chi connectivity index (χ4v) is 1.49. The van der Waals surface area contributed by atoms with Crippen molar-refractivity contribution in [2.45, 2.75) is 19.8 Å². The molecule has 0 aliphatic heterocycles. The number of aromatic nitrogens is 1. The third-order valence-electron chi connectivity index (χ3n) is 2.45. The number of hydrogen-bond donors (Lipinski definition) is 0. The predicted octanol–water partition coefficient (Wildman–Crippen LogP) is 1.39. The van der Waals surface area contributed by atoms with Crippen LogP contribution in [0.4, 0.5) is 0 Å². The molecule has 1 atom stereocenters. The molecule has 0 fully saturated rings. The van der Waals surface area contributed by atoms with Crippen LogP contribution in [0.25, 0.3) is 0 Å². The maximum atomic E-state index is 11.3. The van der Waals surface area contributed by atoms with Crippen LogP contribution in [0.1, 0.15) is 18.9 Å². The molecular weight excluding hydrogens is 206 g/mol. The number of carbonyl (C=O) groups is 2. The maximum absolute atomic E-state index is 11.3. The number of esters is 1. The lowest BCUT2D eigenvalue weighted by Crippen LogP contribution is -2.23. The van der Waals surface area contributed by atoms with E-state index >= 15 is 0 Å². The fraction of sp³-hybridized carbons (Fsp3) is 0.417. The minimum atomic E-state index is -0.654. The third kappa shape index (κ3) is 3.46. The van der Waals surface area contributed by atoms with Crippen LogP contribution in [0.5, 0.6) is 0 Å². The second-order valence-corrected chi connectivity index (χ2v) is 3.58. The Balaban J connectivity index is 2.57. The number of ketones is 1. The number of hydrogen-bond acceptors (Lipinski definition) is 4. The monoisotopic (exact) mass is 221 g/mol. The minimum Gasteiger partial charge on any atom is -0.468 e. The van der Waals surface area contributed by atoms with Gasteiger partial charge in [0, 0.05) is 12.4 Å². The molecule has 1 aromatic rings. The second kappa shape index (κ2) is 6.00. The number of aryl methyl sites for hydroxylation is 1. The third-order valence-corrected chi connectivity index (χ3v) is 2.45. The number of methoxy groups -OCH3 is 1. The summed E-state index contributed by atoms with van der Waals surface area (Å²) >= 11 is 0. The lowest BCUT2D eigenvalue weighted by molar-refractivity contribution is -0.149. The number of carbonyl (C=O) groups excluding carboxylic acids is 2. The summed E-state index contributed by atoms with van der Waals surface area (Å²) in [5.41, 5.74) is 1.06. The summed E-state index contributed by atoms with van der Waals surface area (Å²) in [7, 11) is 1.30. The number of pyridine rings is 1. The van der Waals surface area contributed by atoms with E-state index in [1.807, 2.05) is 12.1 Å². The van der Waals surface area contributed by atoms with Gasteiger partial charge in [-0.1, -0.05) is 0 Å². The Bertz CT molecular complexity index is 362. The number of ether oxygens (including phenoxy) is 1. The van der Waals surface area contributed by atoms with E-state index < -0.39 is 11.9 Å². The zero-order chi connectivity index (χ0) is 12.0. The van der Waals surface area contributed by atoms with Crippen LogP contribution in [-0.2, 0) is 20.7 Å². The molecule has 1 unspecified atom stereocenters. The standard InChI is InChI=1S/C12H15NO3/c1-9(14)11(12(15)16-2)4-3-10-5-7-13-8-6-10/h5-8,11H,3-4H2,1-2H3. The smallest absolute Gasteiger partial charge is 0.316 e. The summed E-state index contributed by atoms with van der Waals surface area (Å²) in [4.78, 5) is 26.5. The van der Waals surface area contributed by atoms with Gasteiger partial charge in [-0.2, -0.15) is 0 Å². The van der Waals surface area contributed by atoms with Crippen LogP contribution in [0.3, 0.4) is 0 Å². The van der Waals surface area contributed by atoms with E-state index in [4.69, 9.17) is 0 Å². The van der Waals surface area contributed by atoms with Crippen molar-refractivity contribution in [1.82, 2.24) is 4.98 Å². The Labute approximate surface area is 94.6 Å². The van der Waals surface area contributed by atoms with Gasteiger partial charge >= 0.3 is 5.97 Å². The molecule has 0 aliphatic rings. The van der Waals surface area contributed by atoms with Crippen molar-refractivity contribution in [2.24, 2.45) is 5.92 Å². The summed E-state index contributed by atoms with van der Waals surface area (Å²) < 4.78 is 4.59. The molecule has 4 nitrogen and oxygen atoms in total. The van der Waals surface area contributed by atoms with Gasteiger partial charge in [0.1, 0.15) is 11.7 Å². The number of nitrogens with zero attached hydrogens (tertiary/aromatic N) is 1. The van der Waals surface area contributed by atoms with E-state index in [0.717, 1.165) is 5.56 Å². The van der Waals surface area contributed by atoms with Gasteiger partial charge in [0.2, 0.25) is 0 Å². The maximum Gasteiger partial charge on any atom is 0.316 e. The Morgan fingerprint density at radius 3 is 2.50 bits per heavy atom. The summed E-state index contributed by atoms with van der Waals surface area (Å²) in [6, 6.07) is 3.74. The highest BCUT2D eigenvalue weighted by Crippen LogP contribution is 2.12. The van der Waals surface area contributed by atoms with E-state index in [1.54, 1.807) is 12.4 Å². The zero-order valence-electron chi connectivity index (χ0n) is 9.47. The average molecular weight is 221 g/mol. The second-order valence-electron chi connectivity index (χ2n) is 3.58. The molecule has 1 rings (SSSR count). The van der Waals surface area contributed by atoms with Crippen LogP contribution in [-0.4, -0.2) is 23.8 Å². The highest BCUT2D eigenvalue weighted by atomic mass is 16.5. The minimum absolute atomic E-state index is 0.152. The highest BCUT2D eigenvalue weighted by Gasteiger charge is 2.23. The Morgan fingerprint density at radius 1 is 1.38 bits per heavy atom. The highest BCUT2D eigenvalue weighted by molar-refractivity contribution is 5.97. The number of Topliss-reactive ketones (excluding diaryl/α,β-unsaturated/α-hetero) is 1. The molecule has 1 heterocycles. The van der Waals surface area contributed by atoms with Gasteiger partial charge in [0.25, 0.3) is 0 Å². The van der Waals surface area contributed by atoms with Crippen molar-refractivity contribution in [1.29, 1.82) is 0 Å². The van der Waals surface area contributed by atoms with E-state index in [-0.39, 0.29) is 5.78 Å². The first-order valence-corrected chi connectivity index (χ1v) is 5.12. The van der Waals surface area contributed by atoms with Gasteiger partial charge in [0.15, 0.2) is 0 Å². The van der Waals surface area contributed by atoms with Gasteiger partial charge in [-0.25, -0.2) is 0 Å². The van der Waals surface area contributed by atoms with Gasteiger partial charge < -0.3 is 4.74 Å². The molecule has 0 amide bonds. The summed E-state index contributed by atoms with van der Waals surface area (Å²) in [5.74, 6) is -1.26. The van der Waals surface area contributed by atoms with E-state index in [0.29, 0.717) is 12.8 Å². The van der Waals surface area contributed by atoms with Crippen LogP contribution in [0.15, 0.2) is 24.5 Å². The molecule has 0 N–H and O–H groups in total. The van der Waals surface area contributed by atoms with E-state index in [2.05, 4.69) is 9.72 Å². The van der Waals surface area contributed by atoms with Gasteiger partial charge in [0.05, 0.1) is 7.11 Å². The van der Waals surface area contributed by atoms with Crippen LogP contribution in [0, 0.1) is 5.92 Å². The first-order chi connectivity index (χ1) is 7.65. The largest absolute Gasteiger partial charge is 0.468 e. The van der Waals surface area contributed by atoms with Crippen molar-refractivity contribution in [3.05, 3.63) is 30.1 Å². The quantitative estimate of drug-likeness (QED) is 0.557. The first-order valence-electron chi connectivity index (χ1n) is 5.12. The molecule has 0 saturated heterocycles. The molecule has 1 aromatic heterocycles. The van der Waals surface area contributed by atoms with Crippen LogP contribution < -0.4 is 0 Å². The van der Waals surface area contributed by atoms with Crippen molar-refractivity contribution >= 4 is 11.8 Å². The van der Waals surface area contributed by atoms with Crippen molar-refractivity contribution in [3.8, 4) is 0 Å². The predicted molar refractivity (Wildman–Crippen MR) is 58.7 cm³/mol. The van der Waals surface area contributed by atoms with Crippen LogP contribution >= 0.6 is 0 Å². The van der Waals surface area contributed by atoms with Crippen LogP contribution in [0.2, 0.25) is 0 Å². The van der Waals surface area contributed by atoms with Crippen molar-refractivity contribution in [3.63, 3.8) is 0 Å². The fourth-order valence-electron chi connectivity index (χ4n) is 1.49. The molecule has 0 bridgehead atoms. The SMILES string of the molecule is COC(=O)C(CCc1ccncc1)C(C)=O. The molecule has 4 heteroatoms. The Kier molecular flexibility index (Phi) is 4.64. The molecule has 0 spiro atoms. The van der Waals surface area contributed by atoms with Crippen molar-refractivity contribution < 1.29 is 14.3 Å². The molecule has 0 aromatic carbocycles. The van der Waals surface area contributed by atoms with Gasteiger partial charge in [-0.05, 0) is 37.5 Å². The molecular formula is C12H15NO3. The molecule has 0 radical (unpaired) electrons.